The number of imidazole rings is 1. The van der Waals surface area contributed by atoms with Gasteiger partial charge in [-0.3, -0.25) is 5.32 Å². The van der Waals surface area contributed by atoms with Crippen molar-refractivity contribution in [1.29, 1.82) is 0 Å². The quantitative estimate of drug-likeness (QED) is 0.493. The third-order valence-corrected chi connectivity index (χ3v) is 5.48. The van der Waals surface area contributed by atoms with Gasteiger partial charge in [0.25, 0.3) is 0 Å². The van der Waals surface area contributed by atoms with Crippen molar-refractivity contribution >= 4 is 28.9 Å². The Morgan fingerprint density at radius 3 is 2.47 bits per heavy atom. The molecule has 0 radical (unpaired) electrons. The number of nitrogens with zero attached hydrogens (tertiary/aromatic N) is 6. The van der Waals surface area contributed by atoms with Gasteiger partial charge in [-0.1, -0.05) is 49.6 Å². The van der Waals surface area contributed by atoms with Crippen LogP contribution < -0.4 is 10.6 Å². The van der Waals surface area contributed by atoms with Crippen LogP contribution >= 0.6 is 0 Å². The molecule has 8 heteroatoms. The SMILES string of the molecule is c1ccc(CNc2nc(Nc3ncccn3)nc3c2ncn3C2CCCCC2)cc1. The first-order chi connectivity index (χ1) is 14.9. The highest BCUT2D eigenvalue weighted by Crippen LogP contribution is 2.32. The Hall–Kier alpha value is -3.55. The van der Waals surface area contributed by atoms with E-state index in [2.05, 4.69) is 47.3 Å². The van der Waals surface area contributed by atoms with Crippen molar-refractivity contribution in [3.8, 4) is 0 Å². The summed E-state index contributed by atoms with van der Waals surface area (Å²) in [7, 11) is 0. The number of benzene rings is 1. The van der Waals surface area contributed by atoms with Gasteiger partial charge in [0, 0.05) is 25.0 Å². The highest BCUT2D eigenvalue weighted by Gasteiger charge is 2.21. The van der Waals surface area contributed by atoms with Crippen molar-refractivity contribution in [2.45, 2.75) is 44.7 Å². The molecule has 3 aromatic heterocycles. The van der Waals surface area contributed by atoms with Crippen LogP contribution in [-0.4, -0.2) is 29.5 Å². The van der Waals surface area contributed by atoms with Crippen molar-refractivity contribution in [3.63, 3.8) is 0 Å². The maximum Gasteiger partial charge on any atom is 0.233 e. The number of anilines is 3. The predicted molar refractivity (Wildman–Crippen MR) is 117 cm³/mol. The fraction of sp³-hybridized carbons (Fsp3) is 0.318. The van der Waals surface area contributed by atoms with Gasteiger partial charge in [-0.25, -0.2) is 15.0 Å². The van der Waals surface area contributed by atoms with E-state index in [0.29, 0.717) is 30.3 Å². The second kappa shape index (κ2) is 8.44. The van der Waals surface area contributed by atoms with E-state index in [1.54, 1.807) is 18.5 Å². The molecular weight excluding hydrogens is 376 g/mol. The largest absolute Gasteiger partial charge is 0.364 e. The zero-order valence-corrected chi connectivity index (χ0v) is 16.7. The van der Waals surface area contributed by atoms with Crippen molar-refractivity contribution in [2.24, 2.45) is 0 Å². The predicted octanol–water partition coefficient (Wildman–Crippen LogP) is 4.48. The van der Waals surface area contributed by atoms with Gasteiger partial charge in [0.15, 0.2) is 17.0 Å². The van der Waals surface area contributed by atoms with Gasteiger partial charge in [-0.2, -0.15) is 9.97 Å². The third kappa shape index (κ3) is 3.94. The average Bonchev–Trinajstić information content (AvgIpc) is 3.23. The van der Waals surface area contributed by atoms with Crippen LogP contribution in [0.5, 0.6) is 0 Å². The summed E-state index contributed by atoms with van der Waals surface area (Å²) in [5.74, 6) is 1.63. The van der Waals surface area contributed by atoms with Crippen LogP contribution in [0.15, 0.2) is 55.1 Å². The van der Waals surface area contributed by atoms with Gasteiger partial charge in [-0.15, -0.1) is 0 Å². The molecule has 4 aromatic rings. The Labute approximate surface area is 174 Å². The molecule has 0 atom stereocenters. The Morgan fingerprint density at radius 2 is 1.67 bits per heavy atom. The number of hydrogen-bond donors (Lipinski definition) is 2. The molecule has 1 saturated carbocycles. The van der Waals surface area contributed by atoms with Crippen LogP contribution in [0, 0.1) is 0 Å². The Kier molecular flexibility index (Phi) is 5.20. The van der Waals surface area contributed by atoms with Crippen LogP contribution in [-0.2, 0) is 6.54 Å². The first kappa shape index (κ1) is 18.5. The van der Waals surface area contributed by atoms with Gasteiger partial charge in [0.05, 0.1) is 6.33 Å². The summed E-state index contributed by atoms with van der Waals surface area (Å²) in [5, 5.41) is 6.57. The molecule has 1 fully saturated rings. The molecule has 8 nitrogen and oxygen atoms in total. The van der Waals surface area contributed by atoms with Crippen LogP contribution in [0.4, 0.5) is 17.7 Å². The number of fused-ring (bicyclic) bond motifs is 1. The zero-order valence-electron chi connectivity index (χ0n) is 16.7. The van der Waals surface area contributed by atoms with E-state index in [1.165, 1.54) is 24.8 Å². The summed E-state index contributed by atoms with van der Waals surface area (Å²) in [6, 6.07) is 12.5. The van der Waals surface area contributed by atoms with Crippen LogP contribution in [0.2, 0.25) is 0 Å². The summed E-state index contributed by atoms with van der Waals surface area (Å²) in [6.07, 6.45) is 11.4. The van der Waals surface area contributed by atoms with E-state index in [1.807, 2.05) is 24.5 Å². The number of nitrogens with one attached hydrogen (secondary N) is 2. The van der Waals surface area contributed by atoms with Gasteiger partial charge in [0.1, 0.15) is 0 Å². The molecule has 0 bridgehead atoms. The van der Waals surface area contributed by atoms with E-state index in [9.17, 15) is 0 Å². The monoisotopic (exact) mass is 400 g/mol. The molecule has 0 saturated heterocycles. The van der Waals surface area contributed by atoms with Crippen LogP contribution in [0.25, 0.3) is 11.2 Å². The highest BCUT2D eigenvalue weighted by atomic mass is 15.2. The summed E-state index contributed by atoms with van der Waals surface area (Å²) in [4.78, 5) is 22.6. The van der Waals surface area contributed by atoms with E-state index in [0.717, 1.165) is 24.0 Å². The molecule has 2 N–H and O–H groups in total. The van der Waals surface area contributed by atoms with Gasteiger partial charge < -0.3 is 9.88 Å². The molecule has 0 aliphatic heterocycles. The molecule has 0 amide bonds. The van der Waals surface area contributed by atoms with E-state index in [-0.39, 0.29) is 0 Å². The maximum absolute atomic E-state index is 4.78. The minimum Gasteiger partial charge on any atom is -0.364 e. The number of rotatable bonds is 6. The van der Waals surface area contributed by atoms with Gasteiger partial charge in [-0.05, 0) is 24.5 Å². The number of aromatic nitrogens is 6. The third-order valence-electron chi connectivity index (χ3n) is 5.48. The molecule has 1 aromatic carbocycles. The molecule has 5 rings (SSSR count). The van der Waals surface area contributed by atoms with E-state index in [4.69, 9.17) is 4.98 Å². The molecule has 3 heterocycles. The highest BCUT2D eigenvalue weighted by molar-refractivity contribution is 5.84. The second-order valence-electron chi connectivity index (χ2n) is 7.55. The molecule has 0 unspecified atom stereocenters. The summed E-state index contributed by atoms with van der Waals surface area (Å²) in [6.45, 7) is 0.657. The first-order valence-corrected chi connectivity index (χ1v) is 10.4. The van der Waals surface area contributed by atoms with Crippen molar-refractivity contribution in [2.75, 3.05) is 10.6 Å². The van der Waals surface area contributed by atoms with Crippen molar-refractivity contribution < 1.29 is 0 Å². The molecule has 152 valence electrons. The molecule has 1 aliphatic rings. The lowest BCUT2D eigenvalue weighted by Gasteiger charge is -2.23. The lowest BCUT2D eigenvalue weighted by Crippen LogP contribution is -2.13. The van der Waals surface area contributed by atoms with Crippen LogP contribution in [0.1, 0.15) is 43.7 Å². The summed E-state index contributed by atoms with van der Waals surface area (Å²) < 4.78 is 2.21. The normalized spacial score (nSPS) is 14.7. The lowest BCUT2D eigenvalue weighted by atomic mass is 9.95. The number of hydrogen-bond acceptors (Lipinski definition) is 7. The first-order valence-electron chi connectivity index (χ1n) is 10.4. The molecule has 1 aliphatic carbocycles. The average molecular weight is 400 g/mol. The Balaban J connectivity index is 1.51. The smallest absolute Gasteiger partial charge is 0.233 e. The fourth-order valence-corrected chi connectivity index (χ4v) is 3.97. The minimum absolute atomic E-state index is 0.432. The van der Waals surface area contributed by atoms with Gasteiger partial charge >= 0.3 is 0 Å². The lowest BCUT2D eigenvalue weighted by molar-refractivity contribution is 0.358. The van der Waals surface area contributed by atoms with E-state index >= 15 is 0 Å². The van der Waals surface area contributed by atoms with Gasteiger partial charge in [0.2, 0.25) is 11.9 Å². The van der Waals surface area contributed by atoms with Crippen molar-refractivity contribution in [1.82, 2.24) is 29.5 Å². The van der Waals surface area contributed by atoms with Crippen LogP contribution in [0.3, 0.4) is 0 Å². The Bertz CT molecular complexity index is 1100. The summed E-state index contributed by atoms with van der Waals surface area (Å²) >= 11 is 0. The molecule has 30 heavy (non-hydrogen) atoms. The molecular formula is C22H24N8. The zero-order chi connectivity index (χ0) is 20.2. The van der Waals surface area contributed by atoms with Crippen molar-refractivity contribution in [3.05, 3.63) is 60.7 Å². The maximum atomic E-state index is 4.78. The Morgan fingerprint density at radius 1 is 0.867 bits per heavy atom. The standard InChI is InChI=1S/C22H24N8/c1-3-8-16(9-4-1)14-25-19-18-20(30(15-26-18)17-10-5-2-6-11-17)28-22(27-19)29-21-23-12-7-13-24-21/h1,3-4,7-9,12-13,15,17H,2,5-6,10-11,14H2,(H2,23,24,25,27,28,29). The molecule has 0 spiro atoms. The fourth-order valence-electron chi connectivity index (χ4n) is 3.97. The topological polar surface area (TPSA) is 93.4 Å². The minimum atomic E-state index is 0.432. The summed E-state index contributed by atoms with van der Waals surface area (Å²) in [5.41, 5.74) is 2.80. The van der Waals surface area contributed by atoms with E-state index < -0.39 is 0 Å². The second-order valence-corrected chi connectivity index (χ2v) is 7.55.